The number of morpholine rings is 1. The predicted molar refractivity (Wildman–Crippen MR) is 86.4 cm³/mol. The van der Waals surface area contributed by atoms with Crippen LogP contribution in [0.5, 0.6) is 0 Å². The van der Waals surface area contributed by atoms with Crippen molar-refractivity contribution in [3.8, 4) is 0 Å². The van der Waals surface area contributed by atoms with Crippen molar-refractivity contribution in [2.24, 2.45) is 0 Å². The van der Waals surface area contributed by atoms with Gasteiger partial charge in [-0.25, -0.2) is 4.98 Å². The van der Waals surface area contributed by atoms with Gasteiger partial charge in [-0.15, -0.1) is 11.3 Å². The Morgan fingerprint density at radius 3 is 2.82 bits per heavy atom. The van der Waals surface area contributed by atoms with Crippen LogP contribution in [0.2, 0.25) is 0 Å². The zero-order valence-electron chi connectivity index (χ0n) is 13.1. The molecule has 2 heterocycles. The molecule has 120 valence electrons. The van der Waals surface area contributed by atoms with Gasteiger partial charge in [-0.1, -0.05) is 25.7 Å². The van der Waals surface area contributed by atoms with Crippen LogP contribution in [-0.2, 0) is 4.74 Å². The van der Waals surface area contributed by atoms with E-state index in [0.29, 0.717) is 12.5 Å². The highest BCUT2D eigenvalue weighted by molar-refractivity contribution is 7.11. The van der Waals surface area contributed by atoms with Crippen LogP contribution in [-0.4, -0.2) is 41.1 Å². The standard InChI is InChI=1S/C17H24N2O2S/c20-16(15-14(18-12-22-15)13-5-1-2-6-13)19-9-10-21-17(11-19)7-3-4-8-17/h12-13H,1-11H2. The molecule has 1 aromatic rings. The Morgan fingerprint density at radius 1 is 1.27 bits per heavy atom. The summed E-state index contributed by atoms with van der Waals surface area (Å²) in [6.45, 7) is 2.18. The van der Waals surface area contributed by atoms with E-state index in [9.17, 15) is 4.79 Å². The molecule has 0 atom stereocenters. The molecule has 0 unspecified atom stereocenters. The number of carbonyl (C=O) groups excluding carboxylic acids is 1. The van der Waals surface area contributed by atoms with Crippen molar-refractivity contribution in [2.75, 3.05) is 19.7 Å². The first kappa shape index (κ1) is 14.6. The third-order valence-electron chi connectivity index (χ3n) is 5.58. The fourth-order valence-electron chi connectivity index (χ4n) is 4.39. The topological polar surface area (TPSA) is 42.4 Å². The molecule has 4 nitrogen and oxygen atoms in total. The Kier molecular flexibility index (Phi) is 3.95. The Hall–Kier alpha value is -0.940. The minimum absolute atomic E-state index is 0.0495. The van der Waals surface area contributed by atoms with Gasteiger partial charge in [0.25, 0.3) is 5.91 Å². The van der Waals surface area contributed by atoms with E-state index >= 15 is 0 Å². The van der Waals surface area contributed by atoms with Crippen molar-refractivity contribution in [2.45, 2.75) is 62.9 Å². The van der Waals surface area contributed by atoms with Crippen molar-refractivity contribution in [1.29, 1.82) is 0 Å². The summed E-state index contributed by atoms with van der Waals surface area (Å²) in [5.74, 6) is 0.700. The van der Waals surface area contributed by atoms with Gasteiger partial charge in [0.2, 0.25) is 0 Å². The van der Waals surface area contributed by atoms with E-state index in [1.165, 1.54) is 49.9 Å². The van der Waals surface area contributed by atoms with Crippen molar-refractivity contribution in [1.82, 2.24) is 9.88 Å². The highest BCUT2D eigenvalue weighted by Crippen LogP contribution is 2.39. The first-order valence-electron chi connectivity index (χ1n) is 8.64. The fourth-order valence-corrected chi connectivity index (χ4v) is 5.23. The number of amides is 1. The maximum atomic E-state index is 13.0. The van der Waals surface area contributed by atoms with Crippen LogP contribution in [0.1, 0.15) is 72.7 Å². The van der Waals surface area contributed by atoms with E-state index in [4.69, 9.17) is 4.74 Å². The molecular formula is C17H24N2O2S. The summed E-state index contributed by atoms with van der Waals surface area (Å²) in [6.07, 6.45) is 9.61. The van der Waals surface area contributed by atoms with Crippen molar-refractivity contribution in [3.63, 3.8) is 0 Å². The summed E-state index contributed by atoms with van der Waals surface area (Å²) in [6, 6.07) is 0. The van der Waals surface area contributed by atoms with E-state index in [-0.39, 0.29) is 11.5 Å². The highest BCUT2D eigenvalue weighted by atomic mass is 32.1. The fraction of sp³-hybridized carbons (Fsp3) is 0.765. The van der Waals surface area contributed by atoms with E-state index in [2.05, 4.69) is 4.98 Å². The quantitative estimate of drug-likeness (QED) is 0.836. The second-order valence-electron chi connectivity index (χ2n) is 7.01. The van der Waals surface area contributed by atoms with Crippen LogP contribution >= 0.6 is 11.3 Å². The average molecular weight is 320 g/mol. The third-order valence-corrected chi connectivity index (χ3v) is 6.41. The number of thiazole rings is 1. The molecule has 2 saturated carbocycles. The monoisotopic (exact) mass is 320 g/mol. The number of hydrogen-bond donors (Lipinski definition) is 0. The Labute approximate surface area is 135 Å². The average Bonchev–Trinajstić information content (AvgIpc) is 3.27. The van der Waals surface area contributed by atoms with Gasteiger partial charge in [-0.3, -0.25) is 4.79 Å². The van der Waals surface area contributed by atoms with Crippen LogP contribution in [0.15, 0.2) is 5.51 Å². The SMILES string of the molecule is O=C(c1scnc1C1CCCC1)N1CCOC2(CCCC2)C1. The molecule has 2 aliphatic carbocycles. The Bertz CT molecular complexity index is 545. The Morgan fingerprint density at radius 2 is 2.05 bits per heavy atom. The number of carbonyl (C=O) groups is 1. The van der Waals surface area contributed by atoms with E-state index in [1.807, 2.05) is 10.4 Å². The van der Waals surface area contributed by atoms with Crippen LogP contribution in [0, 0.1) is 0 Å². The molecule has 3 fully saturated rings. The minimum Gasteiger partial charge on any atom is -0.371 e. The minimum atomic E-state index is -0.0495. The van der Waals surface area contributed by atoms with Crippen LogP contribution < -0.4 is 0 Å². The van der Waals surface area contributed by atoms with E-state index in [0.717, 1.165) is 36.5 Å². The van der Waals surface area contributed by atoms with E-state index < -0.39 is 0 Å². The second kappa shape index (κ2) is 5.93. The lowest BCUT2D eigenvalue weighted by atomic mass is 9.98. The van der Waals surface area contributed by atoms with Gasteiger partial charge < -0.3 is 9.64 Å². The highest BCUT2D eigenvalue weighted by Gasteiger charge is 2.41. The van der Waals surface area contributed by atoms with Gasteiger partial charge in [0.15, 0.2) is 0 Å². The molecule has 0 N–H and O–H groups in total. The van der Waals surface area contributed by atoms with Crippen LogP contribution in [0.3, 0.4) is 0 Å². The molecular weight excluding hydrogens is 296 g/mol. The van der Waals surface area contributed by atoms with Gasteiger partial charge in [-0.05, 0) is 25.7 Å². The smallest absolute Gasteiger partial charge is 0.266 e. The summed E-state index contributed by atoms with van der Waals surface area (Å²) < 4.78 is 6.05. The molecule has 1 aromatic heterocycles. The molecule has 1 saturated heterocycles. The molecule has 5 heteroatoms. The number of ether oxygens (including phenoxy) is 1. The lowest BCUT2D eigenvalue weighted by Gasteiger charge is -2.40. The molecule has 0 radical (unpaired) electrons. The van der Waals surface area contributed by atoms with Crippen molar-refractivity contribution in [3.05, 3.63) is 16.1 Å². The molecule has 0 aromatic carbocycles. The number of nitrogens with zero attached hydrogens (tertiary/aromatic N) is 2. The molecule has 1 spiro atoms. The predicted octanol–water partition coefficient (Wildman–Crippen LogP) is 3.59. The first-order valence-corrected chi connectivity index (χ1v) is 9.52. The Balaban J connectivity index is 1.53. The zero-order valence-corrected chi connectivity index (χ0v) is 13.9. The molecule has 1 aliphatic heterocycles. The number of aromatic nitrogens is 1. The third kappa shape index (κ3) is 2.58. The van der Waals surface area contributed by atoms with Crippen molar-refractivity contribution < 1.29 is 9.53 Å². The summed E-state index contributed by atoms with van der Waals surface area (Å²) in [5, 5.41) is 0. The molecule has 3 aliphatic rings. The lowest BCUT2D eigenvalue weighted by Crippen LogP contribution is -2.52. The van der Waals surface area contributed by atoms with Crippen LogP contribution in [0.4, 0.5) is 0 Å². The second-order valence-corrected chi connectivity index (χ2v) is 7.87. The first-order chi connectivity index (χ1) is 10.8. The summed E-state index contributed by atoms with van der Waals surface area (Å²) in [5.41, 5.74) is 2.87. The molecule has 1 amide bonds. The summed E-state index contributed by atoms with van der Waals surface area (Å²) in [4.78, 5) is 20.5. The number of rotatable bonds is 2. The molecule has 22 heavy (non-hydrogen) atoms. The normalized spacial score (nSPS) is 25.2. The molecule has 4 rings (SSSR count). The summed E-state index contributed by atoms with van der Waals surface area (Å²) in [7, 11) is 0. The van der Waals surface area contributed by atoms with E-state index in [1.54, 1.807) is 0 Å². The van der Waals surface area contributed by atoms with Crippen LogP contribution in [0.25, 0.3) is 0 Å². The van der Waals surface area contributed by atoms with Gasteiger partial charge in [-0.2, -0.15) is 0 Å². The maximum absolute atomic E-state index is 13.0. The maximum Gasteiger partial charge on any atom is 0.266 e. The molecule has 0 bridgehead atoms. The van der Waals surface area contributed by atoms with Gasteiger partial charge in [0.05, 0.1) is 30.0 Å². The summed E-state index contributed by atoms with van der Waals surface area (Å²) >= 11 is 1.53. The van der Waals surface area contributed by atoms with Gasteiger partial charge in [0, 0.05) is 12.5 Å². The number of hydrogen-bond acceptors (Lipinski definition) is 4. The lowest BCUT2D eigenvalue weighted by molar-refractivity contribution is -0.0947. The van der Waals surface area contributed by atoms with Gasteiger partial charge >= 0.3 is 0 Å². The van der Waals surface area contributed by atoms with Crippen molar-refractivity contribution >= 4 is 17.2 Å². The van der Waals surface area contributed by atoms with Gasteiger partial charge in [0.1, 0.15) is 4.88 Å². The largest absolute Gasteiger partial charge is 0.371 e. The zero-order chi connectivity index (χ0) is 15.0.